The fourth-order valence-corrected chi connectivity index (χ4v) is 4.22. The largest absolute Gasteiger partial charge is 0.464 e. The van der Waals surface area contributed by atoms with Gasteiger partial charge in [-0.15, -0.1) is 0 Å². The molecule has 1 saturated carbocycles. The van der Waals surface area contributed by atoms with E-state index in [1.54, 1.807) is 18.3 Å². The van der Waals surface area contributed by atoms with Crippen LogP contribution in [-0.2, 0) is 9.47 Å². The number of carbonyl (C=O) groups excluding carboxylic acids is 1. The normalized spacial score (nSPS) is 15.9. The summed E-state index contributed by atoms with van der Waals surface area (Å²) < 4.78 is 12.5. The van der Waals surface area contributed by atoms with Gasteiger partial charge in [0.25, 0.3) is 0 Å². The molecule has 0 bridgehead atoms. The third-order valence-corrected chi connectivity index (χ3v) is 6.25. The number of nitrogens with one attached hydrogen (secondary N) is 1. The predicted octanol–water partition coefficient (Wildman–Crippen LogP) is 3.59. The molecule has 10 heteroatoms. The fourth-order valence-electron chi connectivity index (χ4n) is 4.22. The van der Waals surface area contributed by atoms with E-state index in [1.165, 1.54) is 20.0 Å². The van der Waals surface area contributed by atoms with Crippen molar-refractivity contribution in [1.82, 2.24) is 24.5 Å². The molecule has 2 fully saturated rings. The fraction of sp³-hybridized carbons (Fsp3) is 0.320. The molecule has 3 aromatic heterocycles. The van der Waals surface area contributed by atoms with Gasteiger partial charge in [-0.2, -0.15) is 4.98 Å². The Bertz CT molecular complexity index is 1380. The van der Waals surface area contributed by atoms with Crippen LogP contribution in [0.25, 0.3) is 22.3 Å². The van der Waals surface area contributed by atoms with Crippen molar-refractivity contribution < 1.29 is 14.3 Å². The zero-order valence-corrected chi connectivity index (χ0v) is 19.3. The Morgan fingerprint density at radius 3 is 2.69 bits per heavy atom. The average Bonchev–Trinajstić information content (AvgIpc) is 3.67. The maximum absolute atomic E-state index is 11.7. The van der Waals surface area contributed by atoms with Gasteiger partial charge in [-0.05, 0) is 37.1 Å². The number of esters is 1. The van der Waals surface area contributed by atoms with Gasteiger partial charge in [-0.1, -0.05) is 6.07 Å². The number of carbonyl (C=O) groups is 1. The Morgan fingerprint density at radius 2 is 1.94 bits per heavy atom. The molecule has 2 aliphatic rings. The highest BCUT2D eigenvalue weighted by Crippen LogP contribution is 2.38. The van der Waals surface area contributed by atoms with Crippen LogP contribution in [0.1, 0.15) is 29.4 Å². The van der Waals surface area contributed by atoms with Crippen molar-refractivity contribution >= 4 is 34.5 Å². The zero-order valence-electron chi connectivity index (χ0n) is 19.3. The molecule has 1 aromatic carbocycles. The lowest BCUT2D eigenvalue weighted by Gasteiger charge is -2.27. The van der Waals surface area contributed by atoms with Crippen molar-refractivity contribution in [1.29, 1.82) is 0 Å². The molecule has 4 aromatic rings. The molecule has 0 atom stereocenters. The van der Waals surface area contributed by atoms with Gasteiger partial charge in [-0.25, -0.2) is 19.7 Å². The van der Waals surface area contributed by atoms with Crippen LogP contribution in [0.4, 0.5) is 17.5 Å². The number of hydrogen-bond acceptors (Lipinski definition) is 9. The predicted molar refractivity (Wildman–Crippen MR) is 131 cm³/mol. The van der Waals surface area contributed by atoms with Crippen molar-refractivity contribution in [2.75, 3.05) is 43.6 Å². The van der Waals surface area contributed by atoms with Gasteiger partial charge in [-0.3, -0.25) is 0 Å². The first-order valence-corrected chi connectivity index (χ1v) is 11.7. The van der Waals surface area contributed by atoms with Crippen molar-refractivity contribution in [2.45, 2.75) is 18.9 Å². The van der Waals surface area contributed by atoms with Crippen LogP contribution >= 0.6 is 0 Å². The number of anilines is 3. The highest BCUT2D eigenvalue weighted by Gasteiger charge is 2.25. The quantitative estimate of drug-likeness (QED) is 0.422. The van der Waals surface area contributed by atoms with E-state index in [2.05, 4.69) is 36.9 Å². The standard InChI is InChI=1S/C25H25N7O3/c1-34-24(33)20-7-3-17(14-26-20)28-23-13-21(29-25(30-23)31-8-10-35-11-9-31)16-2-6-19-22(12-16)32(15-27-19)18-4-5-18/h2-3,6-7,12-15,18H,4-5,8-11H2,1H3,(H,28,29,30). The molecule has 4 heterocycles. The topological polar surface area (TPSA) is 107 Å². The summed E-state index contributed by atoms with van der Waals surface area (Å²) in [5.41, 5.74) is 4.87. The second-order valence-corrected chi connectivity index (χ2v) is 8.67. The Labute approximate surface area is 201 Å². The number of ether oxygens (including phenoxy) is 2. The van der Waals surface area contributed by atoms with Crippen molar-refractivity contribution in [3.8, 4) is 11.3 Å². The highest BCUT2D eigenvalue weighted by atomic mass is 16.5. The smallest absolute Gasteiger partial charge is 0.356 e. The van der Waals surface area contributed by atoms with Crippen LogP contribution in [0.15, 0.2) is 48.9 Å². The SMILES string of the molecule is COC(=O)c1ccc(Nc2cc(-c3ccc4ncn(C5CC5)c4c3)nc(N3CCOCC3)n2)cn1. The van der Waals surface area contributed by atoms with Crippen LogP contribution < -0.4 is 10.2 Å². The van der Waals surface area contributed by atoms with Gasteiger partial charge >= 0.3 is 5.97 Å². The number of pyridine rings is 1. The minimum absolute atomic E-state index is 0.246. The lowest BCUT2D eigenvalue weighted by atomic mass is 10.1. The van der Waals surface area contributed by atoms with Gasteiger partial charge in [0.15, 0.2) is 0 Å². The van der Waals surface area contributed by atoms with E-state index < -0.39 is 5.97 Å². The molecule has 0 amide bonds. The summed E-state index contributed by atoms with van der Waals surface area (Å²) in [6.07, 6.45) is 5.91. The molecule has 0 spiro atoms. The molecule has 1 saturated heterocycles. The maximum atomic E-state index is 11.7. The second kappa shape index (κ2) is 8.95. The summed E-state index contributed by atoms with van der Waals surface area (Å²) in [7, 11) is 1.33. The van der Waals surface area contributed by atoms with Gasteiger partial charge < -0.3 is 24.3 Å². The number of methoxy groups -OCH3 is 1. The van der Waals surface area contributed by atoms with Crippen LogP contribution in [0, 0.1) is 0 Å². The summed E-state index contributed by atoms with van der Waals surface area (Å²) in [5, 5.41) is 3.31. The summed E-state index contributed by atoms with van der Waals surface area (Å²) in [4.78, 5) is 32.3. The summed E-state index contributed by atoms with van der Waals surface area (Å²) in [6.45, 7) is 2.74. The number of imidazole rings is 1. The molecular weight excluding hydrogens is 446 g/mol. The number of hydrogen-bond donors (Lipinski definition) is 1. The lowest BCUT2D eigenvalue weighted by Crippen LogP contribution is -2.37. The third kappa shape index (κ3) is 4.40. The van der Waals surface area contributed by atoms with Gasteiger partial charge in [0, 0.05) is 30.8 Å². The van der Waals surface area contributed by atoms with Crippen LogP contribution in [0.2, 0.25) is 0 Å². The van der Waals surface area contributed by atoms with Crippen LogP contribution in [0.3, 0.4) is 0 Å². The first-order chi connectivity index (χ1) is 17.2. The Kier molecular flexibility index (Phi) is 5.49. The van der Waals surface area contributed by atoms with Crippen molar-refractivity contribution in [3.63, 3.8) is 0 Å². The summed E-state index contributed by atoms with van der Waals surface area (Å²) >= 11 is 0. The van der Waals surface area contributed by atoms with E-state index in [0.717, 1.165) is 35.4 Å². The minimum atomic E-state index is -0.476. The van der Waals surface area contributed by atoms with Crippen LogP contribution in [-0.4, -0.2) is 63.9 Å². The molecule has 1 aliphatic heterocycles. The summed E-state index contributed by atoms with van der Waals surface area (Å²) in [6, 6.07) is 12.1. The highest BCUT2D eigenvalue weighted by molar-refractivity contribution is 5.87. The molecule has 0 unspecified atom stereocenters. The monoisotopic (exact) mass is 471 g/mol. The van der Waals surface area contributed by atoms with E-state index in [-0.39, 0.29) is 5.69 Å². The minimum Gasteiger partial charge on any atom is -0.464 e. The number of morpholine rings is 1. The molecule has 6 rings (SSSR count). The van der Waals surface area contributed by atoms with Crippen molar-refractivity contribution in [2.24, 2.45) is 0 Å². The number of nitrogens with zero attached hydrogens (tertiary/aromatic N) is 6. The number of aromatic nitrogens is 5. The molecule has 1 aliphatic carbocycles. The number of benzene rings is 1. The molecule has 1 N–H and O–H groups in total. The number of rotatable bonds is 6. The van der Waals surface area contributed by atoms with E-state index in [9.17, 15) is 4.79 Å². The van der Waals surface area contributed by atoms with Crippen molar-refractivity contribution in [3.05, 3.63) is 54.6 Å². The Hall–Kier alpha value is -4.05. The van der Waals surface area contributed by atoms with E-state index in [0.29, 0.717) is 36.7 Å². The zero-order chi connectivity index (χ0) is 23.8. The van der Waals surface area contributed by atoms with E-state index in [1.807, 2.05) is 18.5 Å². The molecule has 178 valence electrons. The van der Waals surface area contributed by atoms with Gasteiger partial charge in [0.2, 0.25) is 5.95 Å². The first-order valence-electron chi connectivity index (χ1n) is 11.7. The first kappa shape index (κ1) is 21.5. The van der Waals surface area contributed by atoms with Gasteiger partial charge in [0.1, 0.15) is 11.5 Å². The summed E-state index contributed by atoms with van der Waals surface area (Å²) in [5.74, 6) is 0.805. The van der Waals surface area contributed by atoms with E-state index in [4.69, 9.17) is 19.4 Å². The van der Waals surface area contributed by atoms with E-state index >= 15 is 0 Å². The lowest BCUT2D eigenvalue weighted by molar-refractivity contribution is 0.0594. The van der Waals surface area contributed by atoms with Crippen LogP contribution in [0.5, 0.6) is 0 Å². The molecule has 0 radical (unpaired) electrons. The third-order valence-electron chi connectivity index (χ3n) is 6.25. The second-order valence-electron chi connectivity index (χ2n) is 8.67. The van der Waals surface area contributed by atoms with Gasteiger partial charge in [0.05, 0.1) is 55.3 Å². The average molecular weight is 472 g/mol. The molecule has 35 heavy (non-hydrogen) atoms. The Morgan fingerprint density at radius 1 is 1.09 bits per heavy atom. The maximum Gasteiger partial charge on any atom is 0.356 e. The molecule has 10 nitrogen and oxygen atoms in total. The Balaban J connectivity index is 1.37. The number of fused-ring (bicyclic) bond motifs is 1. The molecular formula is C25H25N7O3.